The van der Waals surface area contributed by atoms with E-state index in [0.29, 0.717) is 5.82 Å². The first-order valence-corrected chi connectivity index (χ1v) is 8.35. The summed E-state index contributed by atoms with van der Waals surface area (Å²) in [7, 11) is 2.79. The molecule has 0 aliphatic heterocycles. The molecule has 0 atom stereocenters. The van der Waals surface area contributed by atoms with Gasteiger partial charge in [0.2, 0.25) is 5.82 Å². The van der Waals surface area contributed by atoms with Crippen LogP contribution in [0.4, 0.5) is 5.69 Å². The van der Waals surface area contributed by atoms with E-state index in [1.165, 1.54) is 43.8 Å². The third-order valence-corrected chi connectivity index (χ3v) is 4.41. The second kappa shape index (κ2) is 7.67. The predicted octanol–water partition coefficient (Wildman–Crippen LogP) is 3.79. The average Bonchev–Trinajstić information content (AvgIpc) is 3.36. The number of nitro benzene ring substituents is 1. The molecule has 136 valence electrons. The second-order valence-corrected chi connectivity index (χ2v) is 6.04. The summed E-state index contributed by atoms with van der Waals surface area (Å²) in [6, 6.07) is 8.22. The third kappa shape index (κ3) is 3.63. The minimum absolute atomic E-state index is 0.0133. The Kier molecular flexibility index (Phi) is 5.14. The van der Waals surface area contributed by atoms with Crippen LogP contribution in [0.3, 0.4) is 0 Å². The number of allylic oxidation sites excluding steroid dienone is 1. The van der Waals surface area contributed by atoms with Gasteiger partial charge in [0, 0.05) is 0 Å². The number of hydrogen-bond acceptors (Lipinski definition) is 9. The van der Waals surface area contributed by atoms with E-state index in [1.807, 2.05) is 23.6 Å². The Hall–Kier alpha value is -3.71. The van der Waals surface area contributed by atoms with Gasteiger partial charge in [0.25, 0.3) is 11.6 Å². The fraction of sp³-hybridized carbons (Fsp3) is 0.118. The van der Waals surface area contributed by atoms with Crippen LogP contribution < -0.4 is 9.47 Å². The van der Waals surface area contributed by atoms with Crippen molar-refractivity contribution in [2.45, 2.75) is 0 Å². The summed E-state index contributed by atoms with van der Waals surface area (Å²) in [6.07, 6.45) is 1.30. The Morgan fingerprint density at radius 2 is 2.11 bits per heavy atom. The molecule has 2 aromatic heterocycles. The zero-order valence-corrected chi connectivity index (χ0v) is 15.0. The van der Waals surface area contributed by atoms with E-state index < -0.39 is 4.92 Å². The van der Waals surface area contributed by atoms with Gasteiger partial charge in [-0.25, -0.2) is 0 Å². The van der Waals surface area contributed by atoms with Crippen molar-refractivity contribution in [3.05, 3.63) is 51.2 Å². The SMILES string of the molecule is COc1cc(/C=C(\C#N)c2nc(-c3cccs3)no2)c([N+](=O)[O-])cc1OC. The Morgan fingerprint density at radius 1 is 1.37 bits per heavy atom. The lowest BCUT2D eigenvalue weighted by Crippen LogP contribution is -1.97. The van der Waals surface area contributed by atoms with Crippen molar-refractivity contribution >= 4 is 28.7 Å². The van der Waals surface area contributed by atoms with Gasteiger partial charge < -0.3 is 14.0 Å². The summed E-state index contributed by atoms with van der Waals surface area (Å²) in [5.41, 5.74) is -0.121. The summed E-state index contributed by atoms with van der Waals surface area (Å²) in [5.74, 6) is 0.794. The number of nitrogens with zero attached hydrogens (tertiary/aromatic N) is 4. The number of hydrogen-bond donors (Lipinski definition) is 0. The van der Waals surface area contributed by atoms with Gasteiger partial charge in [-0.3, -0.25) is 10.1 Å². The minimum Gasteiger partial charge on any atom is -0.493 e. The molecule has 0 bridgehead atoms. The molecule has 0 N–H and O–H groups in total. The molecule has 0 radical (unpaired) electrons. The molecule has 0 unspecified atom stereocenters. The maximum atomic E-state index is 11.4. The van der Waals surface area contributed by atoms with Crippen LogP contribution in [-0.2, 0) is 0 Å². The van der Waals surface area contributed by atoms with Crippen LogP contribution in [0.2, 0.25) is 0 Å². The first-order chi connectivity index (χ1) is 13.1. The van der Waals surface area contributed by atoms with E-state index in [9.17, 15) is 15.4 Å². The summed E-state index contributed by atoms with van der Waals surface area (Å²) in [6.45, 7) is 0. The third-order valence-electron chi connectivity index (χ3n) is 3.55. The average molecular weight is 384 g/mol. The lowest BCUT2D eigenvalue weighted by atomic mass is 10.1. The van der Waals surface area contributed by atoms with E-state index >= 15 is 0 Å². The molecule has 0 amide bonds. The van der Waals surface area contributed by atoms with Crippen molar-refractivity contribution in [3.8, 4) is 28.3 Å². The minimum atomic E-state index is -0.576. The standard InChI is InChI=1S/C17H12N4O5S/c1-24-13-7-10(12(21(22)23)8-14(13)25-2)6-11(9-18)17-19-16(20-26-17)15-4-3-5-27-15/h3-8H,1-2H3/b11-6+. The Labute approximate surface area is 157 Å². The first kappa shape index (κ1) is 18.1. The number of benzene rings is 1. The normalized spacial score (nSPS) is 11.1. The van der Waals surface area contributed by atoms with Crippen LogP contribution in [0.15, 0.2) is 34.2 Å². The number of ether oxygens (including phenoxy) is 2. The molecular formula is C17H12N4O5S. The predicted molar refractivity (Wildman–Crippen MR) is 97.3 cm³/mol. The van der Waals surface area contributed by atoms with Crippen LogP contribution >= 0.6 is 11.3 Å². The van der Waals surface area contributed by atoms with Crippen LogP contribution in [-0.4, -0.2) is 29.3 Å². The fourth-order valence-electron chi connectivity index (χ4n) is 2.29. The molecule has 0 aliphatic rings. The van der Waals surface area contributed by atoms with E-state index in [4.69, 9.17) is 14.0 Å². The van der Waals surface area contributed by atoms with Crippen LogP contribution in [0.1, 0.15) is 11.5 Å². The highest BCUT2D eigenvalue weighted by Crippen LogP contribution is 2.36. The molecule has 3 rings (SSSR count). The lowest BCUT2D eigenvalue weighted by Gasteiger charge is -2.08. The van der Waals surface area contributed by atoms with Gasteiger partial charge in [-0.15, -0.1) is 11.3 Å². The van der Waals surface area contributed by atoms with Gasteiger partial charge in [0.05, 0.1) is 35.6 Å². The molecule has 3 aromatic rings. The number of nitriles is 1. The van der Waals surface area contributed by atoms with Crippen molar-refractivity contribution < 1.29 is 18.9 Å². The quantitative estimate of drug-likeness (QED) is 0.357. The summed E-state index contributed by atoms with van der Waals surface area (Å²) >= 11 is 1.42. The molecule has 10 heteroatoms. The summed E-state index contributed by atoms with van der Waals surface area (Å²) in [5, 5.41) is 26.6. The molecule has 27 heavy (non-hydrogen) atoms. The van der Waals surface area contributed by atoms with E-state index in [2.05, 4.69) is 10.1 Å². The van der Waals surface area contributed by atoms with E-state index in [0.717, 1.165) is 4.88 Å². The topological polar surface area (TPSA) is 124 Å². The highest BCUT2D eigenvalue weighted by Gasteiger charge is 2.21. The number of methoxy groups -OCH3 is 2. The number of aromatic nitrogens is 2. The van der Waals surface area contributed by atoms with Gasteiger partial charge in [0.1, 0.15) is 11.6 Å². The van der Waals surface area contributed by atoms with Crippen molar-refractivity contribution in [1.29, 1.82) is 5.26 Å². The van der Waals surface area contributed by atoms with Crippen molar-refractivity contribution in [1.82, 2.24) is 10.1 Å². The number of rotatable bonds is 6. The van der Waals surface area contributed by atoms with Crippen LogP contribution in [0.25, 0.3) is 22.4 Å². The molecule has 0 aliphatic carbocycles. The van der Waals surface area contributed by atoms with Gasteiger partial charge in [-0.2, -0.15) is 10.2 Å². The highest BCUT2D eigenvalue weighted by molar-refractivity contribution is 7.13. The lowest BCUT2D eigenvalue weighted by molar-refractivity contribution is -0.385. The van der Waals surface area contributed by atoms with Gasteiger partial charge >= 0.3 is 0 Å². The monoisotopic (exact) mass is 384 g/mol. The molecule has 0 fully saturated rings. The number of nitro groups is 1. The first-order valence-electron chi connectivity index (χ1n) is 7.47. The van der Waals surface area contributed by atoms with E-state index in [1.54, 1.807) is 0 Å². The van der Waals surface area contributed by atoms with Crippen molar-refractivity contribution in [2.24, 2.45) is 0 Å². The largest absolute Gasteiger partial charge is 0.493 e. The molecular weight excluding hydrogens is 372 g/mol. The maximum absolute atomic E-state index is 11.4. The molecule has 2 heterocycles. The molecule has 0 saturated carbocycles. The zero-order valence-electron chi connectivity index (χ0n) is 14.2. The maximum Gasteiger partial charge on any atom is 0.280 e. The van der Waals surface area contributed by atoms with Crippen LogP contribution in [0, 0.1) is 21.4 Å². The Morgan fingerprint density at radius 3 is 2.70 bits per heavy atom. The van der Waals surface area contributed by atoms with Gasteiger partial charge in [-0.05, 0) is 23.6 Å². The van der Waals surface area contributed by atoms with Gasteiger partial charge in [-0.1, -0.05) is 11.2 Å². The van der Waals surface area contributed by atoms with Crippen LogP contribution in [0.5, 0.6) is 11.5 Å². The highest BCUT2D eigenvalue weighted by atomic mass is 32.1. The van der Waals surface area contributed by atoms with Crippen molar-refractivity contribution in [3.63, 3.8) is 0 Å². The Balaban J connectivity index is 2.08. The van der Waals surface area contributed by atoms with Crippen molar-refractivity contribution in [2.75, 3.05) is 14.2 Å². The molecule has 1 aromatic carbocycles. The molecule has 0 spiro atoms. The summed E-state index contributed by atoms with van der Waals surface area (Å²) < 4.78 is 15.4. The number of thiophene rings is 1. The zero-order chi connectivity index (χ0) is 19.4. The molecule has 0 saturated heterocycles. The fourth-order valence-corrected chi connectivity index (χ4v) is 2.94. The second-order valence-electron chi connectivity index (χ2n) is 5.09. The smallest absolute Gasteiger partial charge is 0.280 e. The Bertz CT molecular complexity index is 1050. The summed E-state index contributed by atoms with van der Waals surface area (Å²) in [4.78, 5) is 15.8. The van der Waals surface area contributed by atoms with Gasteiger partial charge in [0.15, 0.2) is 11.5 Å². The molecule has 9 nitrogen and oxygen atoms in total. The van der Waals surface area contributed by atoms with E-state index in [-0.39, 0.29) is 34.2 Å².